The molecule has 1 atom stereocenters. The van der Waals surface area contributed by atoms with Crippen LogP contribution in [0.2, 0.25) is 0 Å². The Hall–Kier alpha value is -2.50. The van der Waals surface area contributed by atoms with Crippen molar-refractivity contribution in [3.8, 4) is 11.5 Å². The largest absolute Gasteiger partial charge is 0.485 e. The smallest absolute Gasteiger partial charge is 0.269 e. The molecule has 104 valence electrons. The number of aromatic nitrogens is 2. The predicted molar refractivity (Wildman–Crippen MR) is 73.0 cm³/mol. The topological polar surface area (TPSA) is 76.2 Å². The number of aromatic amines is 1. The number of carbonyl (C=O) groups is 1. The quantitative estimate of drug-likeness (QED) is 0.874. The van der Waals surface area contributed by atoms with Crippen LogP contribution in [0.25, 0.3) is 0 Å². The average Bonchev–Trinajstić information content (AvgIpc) is 2.78. The number of nitrogens with zero attached hydrogens (tertiary/aromatic N) is 1. The summed E-state index contributed by atoms with van der Waals surface area (Å²) in [6.07, 6.45) is -0.668. The molecule has 6 nitrogen and oxygen atoms in total. The molecule has 0 aliphatic carbocycles. The number of ether oxygens (including phenoxy) is 2. The molecular formula is C14H15N3O3. The van der Waals surface area contributed by atoms with Crippen molar-refractivity contribution in [3.63, 3.8) is 0 Å². The number of carbonyl (C=O) groups excluding carboxylic acids is 1. The van der Waals surface area contributed by atoms with Crippen LogP contribution in [0, 0.1) is 13.8 Å². The molecule has 1 aliphatic heterocycles. The third kappa shape index (κ3) is 2.20. The molecule has 3 rings (SSSR count). The molecule has 0 saturated heterocycles. The number of rotatable bonds is 2. The standard InChI is InChI=1S/C14H15N3O3/c1-8-13(9(2)17-16-8)15-14(18)12-7-19-10-5-3-4-6-11(10)20-12/h3-6,12H,7H2,1-2H3,(H,15,18)(H,16,17). The van der Waals surface area contributed by atoms with E-state index in [1.54, 1.807) is 6.07 Å². The highest BCUT2D eigenvalue weighted by molar-refractivity contribution is 5.95. The molecule has 1 aliphatic rings. The average molecular weight is 273 g/mol. The van der Waals surface area contributed by atoms with E-state index in [0.29, 0.717) is 17.2 Å². The minimum absolute atomic E-state index is 0.193. The van der Waals surface area contributed by atoms with Crippen molar-refractivity contribution in [2.45, 2.75) is 20.0 Å². The first-order valence-corrected chi connectivity index (χ1v) is 6.36. The van der Waals surface area contributed by atoms with Gasteiger partial charge in [-0.1, -0.05) is 12.1 Å². The fourth-order valence-corrected chi connectivity index (χ4v) is 2.09. The minimum atomic E-state index is -0.668. The first-order chi connectivity index (χ1) is 9.65. The molecule has 2 N–H and O–H groups in total. The van der Waals surface area contributed by atoms with Gasteiger partial charge in [0, 0.05) is 0 Å². The number of benzene rings is 1. The fourth-order valence-electron chi connectivity index (χ4n) is 2.09. The van der Waals surface area contributed by atoms with Crippen LogP contribution >= 0.6 is 0 Å². The van der Waals surface area contributed by atoms with Crippen LogP contribution < -0.4 is 14.8 Å². The van der Waals surface area contributed by atoms with Crippen LogP contribution in [0.5, 0.6) is 11.5 Å². The van der Waals surface area contributed by atoms with Gasteiger partial charge in [0.1, 0.15) is 6.61 Å². The number of amides is 1. The van der Waals surface area contributed by atoms with Gasteiger partial charge in [0.05, 0.1) is 17.1 Å². The van der Waals surface area contributed by atoms with Gasteiger partial charge in [-0.15, -0.1) is 0 Å². The summed E-state index contributed by atoms with van der Waals surface area (Å²) in [5, 5.41) is 9.68. The normalized spacial score (nSPS) is 16.8. The zero-order chi connectivity index (χ0) is 14.1. The molecule has 6 heteroatoms. The van der Waals surface area contributed by atoms with E-state index in [1.807, 2.05) is 32.0 Å². The maximum atomic E-state index is 12.2. The summed E-state index contributed by atoms with van der Waals surface area (Å²) in [5.41, 5.74) is 2.25. The number of hydrogen-bond donors (Lipinski definition) is 2. The lowest BCUT2D eigenvalue weighted by atomic mass is 10.2. The monoisotopic (exact) mass is 273 g/mol. The van der Waals surface area contributed by atoms with E-state index < -0.39 is 6.10 Å². The molecule has 0 bridgehead atoms. The number of aryl methyl sites for hydroxylation is 2. The van der Waals surface area contributed by atoms with E-state index in [4.69, 9.17) is 9.47 Å². The Labute approximate surface area is 116 Å². The Morgan fingerprint density at radius 3 is 2.80 bits per heavy atom. The summed E-state index contributed by atoms with van der Waals surface area (Å²) in [6.45, 7) is 3.87. The summed E-state index contributed by atoms with van der Waals surface area (Å²) >= 11 is 0. The molecule has 1 amide bonds. The van der Waals surface area contributed by atoms with Crippen LogP contribution in [-0.4, -0.2) is 28.8 Å². The molecule has 1 unspecified atom stereocenters. The zero-order valence-electron chi connectivity index (χ0n) is 11.3. The SMILES string of the molecule is Cc1n[nH]c(C)c1NC(=O)C1COc2ccccc2O1. The molecular weight excluding hydrogens is 258 g/mol. The van der Waals surface area contributed by atoms with Gasteiger partial charge in [0.2, 0.25) is 6.10 Å². The number of anilines is 1. The highest BCUT2D eigenvalue weighted by atomic mass is 16.6. The lowest BCUT2D eigenvalue weighted by molar-refractivity contribution is -0.125. The highest BCUT2D eigenvalue weighted by Gasteiger charge is 2.28. The maximum Gasteiger partial charge on any atom is 0.269 e. The van der Waals surface area contributed by atoms with E-state index in [-0.39, 0.29) is 12.5 Å². The van der Waals surface area contributed by atoms with E-state index in [1.165, 1.54) is 0 Å². The summed E-state index contributed by atoms with van der Waals surface area (Å²) in [5.74, 6) is 0.999. The Morgan fingerprint density at radius 1 is 1.35 bits per heavy atom. The number of H-pyrrole nitrogens is 1. The first kappa shape index (κ1) is 12.5. The molecule has 2 heterocycles. The number of para-hydroxylation sites is 2. The van der Waals surface area contributed by atoms with Gasteiger partial charge in [-0.3, -0.25) is 9.89 Å². The van der Waals surface area contributed by atoms with Gasteiger partial charge in [-0.05, 0) is 26.0 Å². The molecule has 0 radical (unpaired) electrons. The second-order valence-electron chi connectivity index (χ2n) is 4.66. The summed E-state index contributed by atoms with van der Waals surface area (Å²) < 4.78 is 11.2. The predicted octanol–water partition coefficient (Wildman–Crippen LogP) is 1.81. The van der Waals surface area contributed by atoms with Crippen LogP contribution in [0.3, 0.4) is 0 Å². The van der Waals surface area contributed by atoms with Crippen molar-refractivity contribution in [2.24, 2.45) is 0 Å². The summed E-state index contributed by atoms with van der Waals surface area (Å²) in [6, 6.07) is 7.30. The third-order valence-electron chi connectivity index (χ3n) is 3.18. The zero-order valence-corrected chi connectivity index (χ0v) is 11.3. The van der Waals surface area contributed by atoms with Crippen LogP contribution in [-0.2, 0) is 4.79 Å². The molecule has 0 fully saturated rings. The molecule has 0 spiro atoms. The van der Waals surface area contributed by atoms with Crippen molar-refractivity contribution in [3.05, 3.63) is 35.7 Å². The van der Waals surface area contributed by atoms with Crippen LogP contribution in [0.4, 0.5) is 5.69 Å². The minimum Gasteiger partial charge on any atom is -0.485 e. The van der Waals surface area contributed by atoms with Crippen LogP contribution in [0.1, 0.15) is 11.4 Å². The van der Waals surface area contributed by atoms with Crippen molar-refractivity contribution in [1.29, 1.82) is 0 Å². The summed E-state index contributed by atoms with van der Waals surface area (Å²) in [4.78, 5) is 12.2. The first-order valence-electron chi connectivity index (χ1n) is 6.36. The van der Waals surface area contributed by atoms with E-state index in [9.17, 15) is 4.79 Å². The molecule has 20 heavy (non-hydrogen) atoms. The van der Waals surface area contributed by atoms with Gasteiger partial charge < -0.3 is 14.8 Å². The lowest BCUT2D eigenvalue weighted by Crippen LogP contribution is -2.40. The molecule has 0 saturated carbocycles. The summed E-state index contributed by atoms with van der Waals surface area (Å²) in [7, 11) is 0. The third-order valence-corrected chi connectivity index (χ3v) is 3.18. The van der Waals surface area contributed by atoms with E-state index >= 15 is 0 Å². The van der Waals surface area contributed by atoms with Gasteiger partial charge >= 0.3 is 0 Å². The lowest BCUT2D eigenvalue weighted by Gasteiger charge is -2.25. The maximum absolute atomic E-state index is 12.2. The van der Waals surface area contributed by atoms with Gasteiger partial charge in [0.15, 0.2) is 11.5 Å². The number of fused-ring (bicyclic) bond motifs is 1. The van der Waals surface area contributed by atoms with Gasteiger partial charge in [-0.25, -0.2) is 0 Å². The molecule has 1 aromatic heterocycles. The van der Waals surface area contributed by atoms with Gasteiger partial charge in [-0.2, -0.15) is 5.10 Å². The Kier molecular flexibility index (Phi) is 3.06. The van der Waals surface area contributed by atoms with Crippen molar-refractivity contribution in [2.75, 3.05) is 11.9 Å². The van der Waals surface area contributed by atoms with Gasteiger partial charge in [0.25, 0.3) is 5.91 Å². The Bertz CT molecular complexity index is 631. The van der Waals surface area contributed by atoms with E-state index in [0.717, 1.165) is 11.4 Å². The highest BCUT2D eigenvalue weighted by Crippen LogP contribution is 2.31. The number of nitrogens with one attached hydrogen (secondary N) is 2. The van der Waals surface area contributed by atoms with E-state index in [2.05, 4.69) is 15.5 Å². The Balaban J connectivity index is 1.74. The van der Waals surface area contributed by atoms with Crippen molar-refractivity contribution in [1.82, 2.24) is 10.2 Å². The number of hydrogen-bond acceptors (Lipinski definition) is 4. The molecule has 2 aromatic rings. The van der Waals surface area contributed by atoms with Crippen molar-refractivity contribution >= 4 is 11.6 Å². The van der Waals surface area contributed by atoms with Crippen LogP contribution in [0.15, 0.2) is 24.3 Å². The second kappa shape index (κ2) is 4.88. The van der Waals surface area contributed by atoms with Crippen molar-refractivity contribution < 1.29 is 14.3 Å². The second-order valence-corrected chi connectivity index (χ2v) is 4.66. The fraction of sp³-hybridized carbons (Fsp3) is 0.286. The molecule has 1 aromatic carbocycles. The Morgan fingerprint density at radius 2 is 2.10 bits per heavy atom.